The Kier molecular flexibility index (Phi) is 2.74. The molecule has 4 unspecified atom stereocenters. The highest BCUT2D eigenvalue weighted by Gasteiger charge is 2.48. The number of nitrogens with one attached hydrogen (secondary N) is 2. The molecule has 4 atom stereocenters. The van der Waals surface area contributed by atoms with E-state index in [0.29, 0.717) is 18.1 Å². The molecule has 0 spiro atoms. The van der Waals surface area contributed by atoms with E-state index in [0.717, 1.165) is 17.1 Å². The first-order valence-electron chi connectivity index (χ1n) is 5.67. The first-order valence-corrected chi connectivity index (χ1v) is 6.48. The third-order valence-corrected chi connectivity index (χ3v) is 4.28. The number of hydrogen-bond acceptors (Lipinski definition) is 2. The van der Waals surface area contributed by atoms with Gasteiger partial charge in [0.05, 0.1) is 22.1 Å². The highest BCUT2D eigenvalue weighted by molar-refractivity contribution is 6.33. The molecule has 2 N–H and O–H groups in total. The zero-order valence-corrected chi connectivity index (χ0v) is 10.3. The van der Waals surface area contributed by atoms with Crippen molar-refractivity contribution < 1.29 is 0 Å². The predicted octanol–water partition coefficient (Wildman–Crippen LogP) is 2.86. The summed E-state index contributed by atoms with van der Waals surface area (Å²) in [6.45, 7) is 0. The lowest BCUT2D eigenvalue weighted by Crippen LogP contribution is -2.39. The first-order chi connectivity index (χ1) is 7.75. The van der Waals surface area contributed by atoms with Crippen molar-refractivity contribution in [2.45, 2.75) is 36.3 Å². The van der Waals surface area contributed by atoms with Gasteiger partial charge in [0.25, 0.3) is 0 Å². The monoisotopic (exact) mass is 256 g/mol. The third kappa shape index (κ3) is 1.90. The Morgan fingerprint density at radius 1 is 1.25 bits per heavy atom. The van der Waals surface area contributed by atoms with Crippen LogP contribution < -0.4 is 10.6 Å². The maximum atomic E-state index is 6.36. The van der Waals surface area contributed by atoms with Crippen LogP contribution in [0.1, 0.15) is 12.8 Å². The van der Waals surface area contributed by atoms with Crippen LogP contribution in [0.3, 0.4) is 0 Å². The topological polar surface area (TPSA) is 34.0 Å². The van der Waals surface area contributed by atoms with Crippen molar-refractivity contribution in [3.63, 3.8) is 0 Å². The van der Waals surface area contributed by atoms with Gasteiger partial charge in [-0.05, 0) is 25.0 Å². The van der Waals surface area contributed by atoms with Gasteiger partial charge in [-0.2, -0.15) is 0 Å². The molecule has 1 aliphatic heterocycles. The van der Waals surface area contributed by atoms with Crippen LogP contribution in [-0.4, -0.2) is 23.5 Å². The van der Waals surface area contributed by atoms with Crippen LogP contribution in [0.2, 0.25) is 5.02 Å². The van der Waals surface area contributed by atoms with Crippen molar-refractivity contribution in [2.75, 3.05) is 5.32 Å². The van der Waals surface area contributed by atoms with E-state index in [1.54, 1.807) is 0 Å². The second-order valence-corrected chi connectivity index (χ2v) is 5.51. The number of hydrogen-bond donors (Lipinski definition) is 2. The molecule has 16 heavy (non-hydrogen) atoms. The summed E-state index contributed by atoms with van der Waals surface area (Å²) in [4.78, 5) is 0. The summed E-state index contributed by atoms with van der Waals surface area (Å²) in [5.41, 5.74) is 0.981. The normalized spacial score (nSPS) is 36.6. The van der Waals surface area contributed by atoms with Gasteiger partial charge in [0.1, 0.15) is 0 Å². The lowest BCUT2D eigenvalue weighted by molar-refractivity contribution is 0.531. The molecule has 0 radical (unpaired) electrons. The molecule has 3 rings (SSSR count). The van der Waals surface area contributed by atoms with E-state index in [-0.39, 0.29) is 5.38 Å². The Labute approximate surface area is 105 Å². The number of benzene rings is 1. The molecule has 1 saturated carbocycles. The van der Waals surface area contributed by atoms with Crippen molar-refractivity contribution in [2.24, 2.45) is 0 Å². The SMILES string of the molecule is Clc1ccccc1NC1C(Cl)CCC2NC21. The van der Waals surface area contributed by atoms with Gasteiger partial charge in [-0.15, -0.1) is 11.6 Å². The molecule has 1 aromatic rings. The molecule has 0 aromatic heterocycles. The minimum Gasteiger partial charge on any atom is -0.378 e. The summed E-state index contributed by atoms with van der Waals surface area (Å²) < 4.78 is 0. The number of alkyl halides is 1. The average Bonchev–Trinajstić information content (AvgIpc) is 3.04. The van der Waals surface area contributed by atoms with Gasteiger partial charge in [-0.1, -0.05) is 23.7 Å². The largest absolute Gasteiger partial charge is 0.378 e. The minimum absolute atomic E-state index is 0.188. The molecule has 2 aliphatic rings. The van der Waals surface area contributed by atoms with E-state index in [1.165, 1.54) is 6.42 Å². The molecular weight excluding hydrogens is 243 g/mol. The number of fused-ring (bicyclic) bond motifs is 1. The van der Waals surface area contributed by atoms with Crippen molar-refractivity contribution >= 4 is 28.9 Å². The van der Waals surface area contributed by atoms with Gasteiger partial charge in [0.2, 0.25) is 0 Å². The van der Waals surface area contributed by atoms with E-state index in [9.17, 15) is 0 Å². The van der Waals surface area contributed by atoms with Gasteiger partial charge in [-0.25, -0.2) is 0 Å². The highest BCUT2D eigenvalue weighted by Crippen LogP contribution is 2.35. The Morgan fingerprint density at radius 3 is 2.88 bits per heavy atom. The second-order valence-electron chi connectivity index (χ2n) is 4.54. The molecule has 4 heteroatoms. The summed E-state index contributed by atoms with van der Waals surface area (Å²) in [6, 6.07) is 9.29. The zero-order valence-electron chi connectivity index (χ0n) is 8.79. The van der Waals surface area contributed by atoms with E-state index in [2.05, 4.69) is 10.6 Å². The van der Waals surface area contributed by atoms with Crippen LogP contribution in [-0.2, 0) is 0 Å². The van der Waals surface area contributed by atoms with E-state index in [1.807, 2.05) is 24.3 Å². The van der Waals surface area contributed by atoms with Crippen molar-refractivity contribution in [3.8, 4) is 0 Å². The van der Waals surface area contributed by atoms with Crippen LogP contribution >= 0.6 is 23.2 Å². The van der Waals surface area contributed by atoms with Crippen LogP contribution in [0.5, 0.6) is 0 Å². The number of rotatable bonds is 2. The standard InChI is InChI=1S/C12H14Cl2N2/c13-7-3-1-2-4-9(7)15-11-8(14)5-6-10-12(11)16-10/h1-4,8,10-12,15-16H,5-6H2. The number of anilines is 1. The molecule has 0 bridgehead atoms. The summed E-state index contributed by atoms with van der Waals surface area (Å²) in [6.07, 6.45) is 2.26. The smallest absolute Gasteiger partial charge is 0.0637 e. The van der Waals surface area contributed by atoms with Crippen molar-refractivity contribution in [3.05, 3.63) is 29.3 Å². The molecular formula is C12H14Cl2N2. The summed E-state index contributed by atoms with van der Waals surface area (Å²) in [5.74, 6) is 0. The average molecular weight is 257 g/mol. The first kappa shape index (κ1) is 10.7. The van der Waals surface area contributed by atoms with Gasteiger partial charge in [0, 0.05) is 12.1 Å². The maximum Gasteiger partial charge on any atom is 0.0637 e. The lowest BCUT2D eigenvalue weighted by Gasteiger charge is -2.27. The molecule has 1 aliphatic carbocycles. The van der Waals surface area contributed by atoms with Crippen LogP contribution in [0, 0.1) is 0 Å². The van der Waals surface area contributed by atoms with Gasteiger partial charge < -0.3 is 10.6 Å². The Hall–Kier alpha value is -0.440. The van der Waals surface area contributed by atoms with Gasteiger partial charge in [0.15, 0.2) is 0 Å². The third-order valence-electron chi connectivity index (χ3n) is 3.46. The number of halogens is 2. The van der Waals surface area contributed by atoms with Crippen LogP contribution in [0.15, 0.2) is 24.3 Å². The predicted molar refractivity (Wildman–Crippen MR) is 68.4 cm³/mol. The molecule has 1 saturated heterocycles. The van der Waals surface area contributed by atoms with Gasteiger partial charge in [-0.3, -0.25) is 0 Å². The highest BCUT2D eigenvalue weighted by atomic mass is 35.5. The van der Waals surface area contributed by atoms with Crippen LogP contribution in [0.25, 0.3) is 0 Å². The fourth-order valence-electron chi connectivity index (χ4n) is 2.49. The molecule has 86 valence electrons. The fourth-order valence-corrected chi connectivity index (χ4v) is 3.03. The Balaban J connectivity index is 1.76. The molecule has 0 amide bonds. The molecule has 2 fully saturated rings. The lowest BCUT2D eigenvalue weighted by atomic mass is 9.94. The van der Waals surface area contributed by atoms with Gasteiger partial charge >= 0.3 is 0 Å². The molecule has 1 heterocycles. The summed E-state index contributed by atoms with van der Waals surface area (Å²) >= 11 is 12.5. The van der Waals surface area contributed by atoms with E-state index >= 15 is 0 Å². The van der Waals surface area contributed by atoms with Crippen LogP contribution in [0.4, 0.5) is 5.69 Å². The van der Waals surface area contributed by atoms with E-state index in [4.69, 9.17) is 23.2 Å². The van der Waals surface area contributed by atoms with Crippen molar-refractivity contribution in [1.82, 2.24) is 5.32 Å². The Morgan fingerprint density at radius 2 is 2.06 bits per heavy atom. The number of para-hydroxylation sites is 1. The summed E-state index contributed by atoms with van der Waals surface area (Å²) in [5, 5.41) is 7.87. The second kappa shape index (κ2) is 4.10. The quantitative estimate of drug-likeness (QED) is 0.631. The fraction of sp³-hybridized carbons (Fsp3) is 0.500. The Bertz CT molecular complexity index is 394. The maximum absolute atomic E-state index is 6.36. The minimum atomic E-state index is 0.188. The molecule has 1 aromatic carbocycles. The van der Waals surface area contributed by atoms with E-state index < -0.39 is 0 Å². The molecule has 2 nitrogen and oxygen atoms in total. The summed E-state index contributed by atoms with van der Waals surface area (Å²) in [7, 11) is 0. The zero-order chi connectivity index (χ0) is 11.1. The van der Waals surface area contributed by atoms with Crippen molar-refractivity contribution in [1.29, 1.82) is 0 Å².